The van der Waals surface area contributed by atoms with Gasteiger partial charge in [-0.2, -0.15) is 0 Å². The predicted molar refractivity (Wildman–Crippen MR) is 73.0 cm³/mol. The first-order valence-corrected chi connectivity index (χ1v) is 7.36. The molecule has 1 N–H and O–H groups in total. The van der Waals surface area contributed by atoms with Crippen LogP contribution in [0.3, 0.4) is 0 Å². The normalized spacial score (nSPS) is 11.3. The van der Waals surface area contributed by atoms with Crippen molar-refractivity contribution in [2.24, 2.45) is 0 Å². The average Bonchev–Trinajstić information content (AvgIpc) is 2.16. The van der Waals surface area contributed by atoms with Crippen LogP contribution in [0.5, 0.6) is 0 Å². The Morgan fingerprint density at radius 1 is 1.11 bits per heavy atom. The topological polar surface area (TPSA) is 77.4 Å². The van der Waals surface area contributed by atoms with Gasteiger partial charge in [0.1, 0.15) is 0 Å². The van der Waals surface area contributed by atoms with Gasteiger partial charge in [-0.15, -0.1) is 0 Å². The molecule has 0 saturated carbocycles. The van der Waals surface area contributed by atoms with Crippen LogP contribution in [0.2, 0.25) is 0 Å². The maximum absolute atomic E-state index is 8.63. The van der Waals surface area contributed by atoms with E-state index in [1.165, 1.54) is 25.9 Å². The number of hydrogen-bond acceptors (Lipinski definition) is 3. The lowest BCUT2D eigenvalue weighted by molar-refractivity contribution is -0.917. The van der Waals surface area contributed by atoms with Crippen molar-refractivity contribution in [3.05, 3.63) is 25.3 Å². The van der Waals surface area contributed by atoms with Crippen LogP contribution in [-0.4, -0.2) is 48.2 Å². The summed E-state index contributed by atoms with van der Waals surface area (Å²) >= 11 is 0. The molecule has 0 bridgehead atoms. The van der Waals surface area contributed by atoms with Crippen molar-refractivity contribution in [1.29, 1.82) is 0 Å². The van der Waals surface area contributed by atoms with Gasteiger partial charge in [0.25, 0.3) is 0 Å². The van der Waals surface area contributed by atoms with Crippen molar-refractivity contribution < 1.29 is 22.0 Å². The van der Waals surface area contributed by atoms with Crippen LogP contribution in [0.4, 0.5) is 0 Å². The van der Waals surface area contributed by atoms with Gasteiger partial charge < -0.3 is 9.04 Å². The summed E-state index contributed by atoms with van der Waals surface area (Å²) in [6, 6.07) is 0. The highest BCUT2D eigenvalue weighted by molar-refractivity contribution is 7.79. The minimum Gasteiger partial charge on any atom is -0.726 e. The molecule has 0 aromatic rings. The zero-order valence-electron chi connectivity index (χ0n) is 11.3. The minimum absolute atomic E-state index is 1.08. The Kier molecular flexibility index (Phi) is 11.2. The first kappa shape index (κ1) is 19.6. The van der Waals surface area contributed by atoms with Crippen LogP contribution in [0.25, 0.3) is 0 Å². The molecular formula is C12H25NO4S. The summed E-state index contributed by atoms with van der Waals surface area (Å²) in [5.74, 6) is 0. The van der Waals surface area contributed by atoms with Gasteiger partial charge in [0, 0.05) is 0 Å². The van der Waals surface area contributed by atoms with E-state index in [0.717, 1.165) is 17.6 Å². The summed E-state index contributed by atoms with van der Waals surface area (Å²) in [7, 11) is -4.92. The molecule has 0 atom stereocenters. The van der Waals surface area contributed by atoms with Crippen LogP contribution in [0.15, 0.2) is 25.3 Å². The van der Waals surface area contributed by atoms with E-state index in [2.05, 4.69) is 27.0 Å². The van der Waals surface area contributed by atoms with E-state index < -0.39 is 10.4 Å². The third-order valence-electron chi connectivity index (χ3n) is 2.43. The fourth-order valence-electron chi connectivity index (χ4n) is 2.05. The zero-order chi connectivity index (χ0) is 14.7. The first-order chi connectivity index (χ1) is 8.24. The summed E-state index contributed by atoms with van der Waals surface area (Å²) < 4.78 is 34.0. The predicted octanol–water partition coefficient (Wildman–Crippen LogP) is 2.00. The smallest absolute Gasteiger partial charge is 0.215 e. The van der Waals surface area contributed by atoms with Gasteiger partial charge in [-0.05, 0) is 25.0 Å². The Balaban J connectivity index is 0. The lowest BCUT2D eigenvalue weighted by atomic mass is 10.2. The van der Waals surface area contributed by atoms with E-state index >= 15 is 0 Å². The third-order valence-corrected chi connectivity index (χ3v) is 2.43. The SMILES string of the molecule is C=CC[N+](CC=C)(CCC)CCC.O=S(=O)([O-])O. The van der Waals surface area contributed by atoms with Crippen molar-refractivity contribution in [2.45, 2.75) is 26.7 Å². The van der Waals surface area contributed by atoms with Gasteiger partial charge in [-0.1, -0.05) is 27.0 Å². The molecule has 6 heteroatoms. The maximum atomic E-state index is 8.63. The van der Waals surface area contributed by atoms with Crippen molar-refractivity contribution in [2.75, 3.05) is 26.2 Å². The van der Waals surface area contributed by atoms with Crippen LogP contribution < -0.4 is 0 Å². The molecule has 0 aliphatic rings. The van der Waals surface area contributed by atoms with Crippen LogP contribution in [0.1, 0.15) is 26.7 Å². The van der Waals surface area contributed by atoms with Gasteiger partial charge in [-0.25, -0.2) is 8.42 Å². The fourth-order valence-corrected chi connectivity index (χ4v) is 2.05. The second-order valence-electron chi connectivity index (χ2n) is 4.16. The molecule has 0 aliphatic heterocycles. The maximum Gasteiger partial charge on any atom is 0.215 e. The quantitative estimate of drug-likeness (QED) is 0.319. The van der Waals surface area contributed by atoms with Crippen molar-refractivity contribution in [3.63, 3.8) is 0 Å². The second-order valence-corrected chi connectivity index (χ2v) is 5.01. The molecule has 18 heavy (non-hydrogen) atoms. The Morgan fingerprint density at radius 2 is 1.39 bits per heavy atom. The summed E-state index contributed by atoms with van der Waals surface area (Å²) in [4.78, 5) is 0. The molecule has 0 aliphatic carbocycles. The van der Waals surface area contributed by atoms with E-state index in [9.17, 15) is 0 Å². The molecule has 0 fully saturated rings. The number of rotatable bonds is 8. The molecule has 0 saturated heterocycles. The van der Waals surface area contributed by atoms with Crippen molar-refractivity contribution in [3.8, 4) is 0 Å². The van der Waals surface area contributed by atoms with Crippen LogP contribution in [0, 0.1) is 0 Å². The molecule has 0 aromatic carbocycles. The lowest BCUT2D eigenvalue weighted by Gasteiger charge is -2.36. The van der Waals surface area contributed by atoms with E-state index in [0.29, 0.717) is 0 Å². The largest absolute Gasteiger partial charge is 0.726 e. The Bertz CT molecular complexity index is 299. The molecule has 0 spiro atoms. The zero-order valence-corrected chi connectivity index (χ0v) is 12.2. The van der Waals surface area contributed by atoms with Crippen molar-refractivity contribution in [1.82, 2.24) is 0 Å². The highest BCUT2D eigenvalue weighted by Gasteiger charge is 2.21. The molecule has 5 nitrogen and oxygen atoms in total. The summed E-state index contributed by atoms with van der Waals surface area (Å²) in [6.07, 6.45) is 6.55. The van der Waals surface area contributed by atoms with Crippen LogP contribution >= 0.6 is 0 Å². The Morgan fingerprint density at radius 3 is 1.56 bits per heavy atom. The monoisotopic (exact) mass is 279 g/mol. The average molecular weight is 279 g/mol. The second kappa shape index (κ2) is 10.3. The van der Waals surface area contributed by atoms with E-state index in [-0.39, 0.29) is 0 Å². The molecular weight excluding hydrogens is 254 g/mol. The fraction of sp³-hybridized carbons (Fsp3) is 0.667. The highest BCUT2D eigenvalue weighted by Crippen LogP contribution is 2.10. The molecule has 0 heterocycles. The molecule has 0 unspecified atom stereocenters. The lowest BCUT2D eigenvalue weighted by Crippen LogP contribution is -2.49. The summed E-state index contributed by atoms with van der Waals surface area (Å²) in [5, 5.41) is 0. The minimum atomic E-state index is -4.92. The van der Waals surface area contributed by atoms with Gasteiger partial charge in [0.2, 0.25) is 10.4 Å². The third kappa shape index (κ3) is 13.4. The standard InChI is InChI=1S/C12H24N.H2O4S/c1-5-9-13(10-6-2,11-7-3)12-8-4;1-5(2,3)4/h5-6H,1-2,7-12H2,3-4H3;(H2,1,2,3,4)/q+1;/p-1. The molecule has 0 radical (unpaired) electrons. The number of hydrogen-bond donors (Lipinski definition) is 1. The number of nitrogens with zero attached hydrogens (tertiary/aromatic N) is 1. The van der Waals surface area contributed by atoms with E-state index in [1.807, 2.05) is 12.2 Å². The van der Waals surface area contributed by atoms with Crippen LogP contribution in [-0.2, 0) is 10.4 Å². The Labute approximate surface area is 111 Å². The summed E-state index contributed by atoms with van der Waals surface area (Å²) in [6.45, 7) is 16.8. The molecule has 108 valence electrons. The summed E-state index contributed by atoms with van der Waals surface area (Å²) in [5.41, 5.74) is 0. The molecule has 0 rings (SSSR count). The van der Waals surface area contributed by atoms with Gasteiger partial charge >= 0.3 is 0 Å². The number of quaternary nitrogens is 1. The van der Waals surface area contributed by atoms with Gasteiger partial charge in [0.15, 0.2) is 0 Å². The molecule has 0 aromatic heterocycles. The Hall–Kier alpha value is -0.690. The van der Waals surface area contributed by atoms with Gasteiger partial charge in [0.05, 0.1) is 26.2 Å². The van der Waals surface area contributed by atoms with Gasteiger partial charge in [-0.3, -0.25) is 4.55 Å². The van der Waals surface area contributed by atoms with E-state index in [4.69, 9.17) is 17.5 Å². The van der Waals surface area contributed by atoms with Crippen molar-refractivity contribution >= 4 is 10.4 Å². The first-order valence-electron chi connectivity index (χ1n) is 5.99. The molecule has 0 amide bonds. The van der Waals surface area contributed by atoms with E-state index in [1.54, 1.807) is 0 Å². The highest BCUT2D eigenvalue weighted by atomic mass is 32.3.